The van der Waals surface area contributed by atoms with E-state index < -0.39 is 17.6 Å². The molecule has 0 bridgehead atoms. The highest BCUT2D eigenvalue weighted by Crippen LogP contribution is 2.29. The molecule has 1 rings (SSSR count). The fraction of sp³-hybridized carbons (Fsp3) is 0.125. The first-order valence-corrected chi connectivity index (χ1v) is 3.50. The maximum atomic E-state index is 12.1. The Bertz CT molecular complexity index is 373. The molecule has 0 saturated carbocycles. The Kier molecular flexibility index (Phi) is 2.64. The zero-order chi connectivity index (χ0) is 10.8. The van der Waals surface area contributed by atoms with Crippen LogP contribution in [0, 0.1) is 4.91 Å². The van der Waals surface area contributed by atoms with Gasteiger partial charge in [0.05, 0.1) is 5.56 Å². The molecule has 0 spiro atoms. The van der Waals surface area contributed by atoms with Gasteiger partial charge in [0.1, 0.15) is 0 Å². The topological polar surface area (TPSA) is 46.5 Å². The van der Waals surface area contributed by atoms with E-state index in [9.17, 15) is 22.9 Å². The van der Waals surface area contributed by atoms with Crippen molar-refractivity contribution in [3.8, 4) is 0 Å². The fourth-order valence-electron chi connectivity index (χ4n) is 0.881. The fourth-order valence-corrected chi connectivity index (χ4v) is 0.881. The lowest BCUT2D eigenvalue weighted by Gasteiger charge is -2.06. The molecule has 0 aliphatic heterocycles. The molecular weight excluding hydrogens is 199 g/mol. The number of hydrogen-bond acceptors (Lipinski definition) is 2. The van der Waals surface area contributed by atoms with Gasteiger partial charge in [0, 0.05) is 10.7 Å². The monoisotopic (exact) mass is 203 g/mol. The molecular formula is C8H4F3NO2. The van der Waals surface area contributed by atoms with Crippen LogP contribution in [0.3, 0.4) is 0 Å². The van der Waals surface area contributed by atoms with Crippen LogP contribution in [0.25, 0.3) is 0 Å². The Hall–Kier alpha value is -1.72. The van der Waals surface area contributed by atoms with Crippen molar-refractivity contribution in [1.29, 1.82) is 0 Å². The number of carbonyl (C=O) groups excluding carboxylic acids is 1. The van der Waals surface area contributed by atoms with Gasteiger partial charge in [-0.15, -0.1) is 4.91 Å². The number of hydrogen-bond donors (Lipinski definition) is 0. The van der Waals surface area contributed by atoms with Crippen LogP contribution in [0.1, 0.15) is 15.9 Å². The lowest BCUT2D eigenvalue weighted by molar-refractivity contribution is -0.137. The number of nitroso groups, excluding NO2 is 1. The lowest BCUT2D eigenvalue weighted by Crippen LogP contribution is -2.06. The molecule has 14 heavy (non-hydrogen) atoms. The first kappa shape index (κ1) is 10.4. The van der Waals surface area contributed by atoms with Crippen molar-refractivity contribution in [2.45, 2.75) is 6.18 Å². The van der Waals surface area contributed by atoms with E-state index in [0.29, 0.717) is 6.07 Å². The second-order valence-corrected chi connectivity index (χ2v) is 2.48. The first-order chi connectivity index (χ1) is 6.45. The standard InChI is InChI=1S/C8H4F3NO2/c9-8(10,11)6-3-1-2-5(4-6)7(13)12-14/h1-4H. The van der Waals surface area contributed by atoms with Crippen molar-refractivity contribution in [3.05, 3.63) is 40.3 Å². The van der Waals surface area contributed by atoms with E-state index in [2.05, 4.69) is 0 Å². The molecule has 1 aromatic carbocycles. The Morgan fingerprint density at radius 1 is 1.29 bits per heavy atom. The normalized spacial score (nSPS) is 11.1. The highest BCUT2D eigenvalue weighted by Gasteiger charge is 2.30. The van der Waals surface area contributed by atoms with Gasteiger partial charge in [0.15, 0.2) is 0 Å². The van der Waals surface area contributed by atoms with Gasteiger partial charge >= 0.3 is 12.1 Å². The number of nitrogens with zero attached hydrogens (tertiary/aromatic N) is 1. The van der Waals surface area contributed by atoms with Crippen molar-refractivity contribution in [1.82, 2.24) is 0 Å². The van der Waals surface area contributed by atoms with Gasteiger partial charge in [-0.1, -0.05) is 6.07 Å². The predicted molar refractivity (Wildman–Crippen MR) is 41.6 cm³/mol. The number of amides is 1. The van der Waals surface area contributed by atoms with E-state index >= 15 is 0 Å². The third-order valence-electron chi connectivity index (χ3n) is 1.52. The number of rotatable bonds is 1. The van der Waals surface area contributed by atoms with Crippen LogP contribution in [0.2, 0.25) is 0 Å². The van der Waals surface area contributed by atoms with E-state index in [1.165, 1.54) is 0 Å². The summed E-state index contributed by atoms with van der Waals surface area (Å²) >= 11 is 0. The van der Waals surface area contributed by atoms with Gasteiger partial charge < -0.3 is 0 Å². The number of alkyl halides is 3. The minimum atomic E-state index is -4.53. The molecule has 0 aliphatic rings. The average molecular weight is 203 g/mol. The summed E-state index contributed by atoms with van der Waals surface area (Å²) in [5.41, 5.74) is -1.35. The molecule has 74 valence electrons. The van der Waals surface area contributed by atoms with Crippen LogP contribution >= 0.6 is 0 Å². The van der Waals surface area contributed by atoms with Crippen molar-refractivity contribution < 1.29 is 18.0 Å². The van der Waals surface area contributed by atoms with Gasteiger partial charge in [0.25, 0.3) is 0 Å². The predicted octanol–water partition coefficient (Wildman–Crippen LogP) is 2.61. The quantitative estimate of drug-likeness (QED) is 0.658. The molecule has 0 radical (unpaired) electrons. The molecule has 0 aromatic heterocycles. The number of benzene rings is 1. The molecule has 0 saturated heterocycles. The third-order valence-corrected chi connectivity index (χ3v) is 1.52. The molecule has 0 aliphatic carbocycles. The van der Waals surface area contributed by atoms with Gasteiger partial charge in [-0.05, 0) is 18.2 Å². The Morgan fingerprint density at radius 2 is 1.93 bits per heavy atom. The summed E-state index contributed by atoms with van der Waals surface area (Å²) in [5.74, 6) is -1.21. The summed E-state index contributed by atoms with van der Waals surface area (Å²) in [7, 11) is 0. The number of halogens is 3. The molecule has 0 fully saturated rings. The van der Waals surface area contributed by atoms with Crippen molar-refractivity contribution in [3.63, 3.8) is 0 Å². The van der Waals surface area contributed by atoms with Gasteiger partial charge in [0.2, 0.25) is 0 Å². The molecule has 3 nitrogen and oxygen atoms in total. The molecule has 1 amide bonds. The van der Waals surface area contributed by atoms with Crippen molar-refractivity contribution >= 4 is 5.91 Å². The average Bonchev–Trinajstić information content (AvgIpc) is 2.15. The molecule has 0 N–H and O–H groups in total. The van der Waals surface area contributed by atoms with E-state index in [0.717, 1.165) is 18.2 Å². The van der Waals surface area contributed by atoms with Crippen LogP contribution in [0.5, 0.6) is 0 Å². The summed E-state index contributed by atoms with van der Waals surface area (Å²) in [6, 6.07) is 3.53. The van der Waals surface area contributed by atoms with Crippen LogP contribution in [-0.4, -0.2) is 5.91 Å². The summed E-state index contributed by atoms with van der Waals surface area (Å²) in [4.78, 5) is 20.4. The Morgan fingerprint density at radius 3 is 2.43 bits per heavy atom. The molecule has 0 heterocycles. The highest BCUT2D eigenvalue weighted by atomic mass is 19.4. The van der Waals surface area contributed by atoms with E-state index in [1.807, 2.05) is 5.18 Å². The van der Waals surface area contributed by atoms with E-state index in [4.69, 9.17) is 0 Å². The summed E-state index contributed by atoms with van der Waals surface area (Å²) in [5, 5.41) is 2.03. The Labute approximate surface area is 76.5 Å². The molecule has 0 atom stereocenters. The van der Waals surface area contributed by atoms with Crippen LogP contribution in [0.4, 0.5) is 13.2 Å². The zero-order valence-corrected chi connectivity index (χ0v) is 6.71. The summed E-state index contributed by atoms with van der Waals surface area (Å²) in [6.07, 6.45) is -4.53. The van der Waals surface area contributed by atoms with E-state index in [-0.39, 0.29) is 5.56 Å². The second-order valence-electron chi connectivity index (χ2n) is 2.48. The zero-order valence-electron chi connectivity index (χ0n) is 6.71. The largest absolute Gasteiger partial charge is 0.416 e. The van der Waals surface area contributed by atoms with Gasteiger partial charge in [-0.25, -0.2) is 0 Å². The van der Waals surface area contributed by atoms with Crippen LogP contribution in [-0.2, 0) is 6.18 Å². The molecule has 1 aromatic rings. The lowest BCUT2D eigenvalue weighted by atomic mass is 10.1. The van der Waals surface area contributed by atoms with E-state index in [1.54, 1.807) is 0 Å². The maximum absolute atomic E-state index is 12.1. The van der Waals surface area contributed by atoms with Crippen LogP contribution in [0.15, 0.2) is 29.4 Å². The summed E-state index contributed by atoms with van der Waals surface area (Å²) < 4.78 is 36.3. The minimum absolute atomic E-state index is 0.366. The van der Waals surface area contributed by atoms with Crippen molar-refractivity contribution in [2.24, 2.45) is 5.18 Å². The van der Waals surface area contributed by atoms with Gasteiger partial charge in [-0.3, -0.25) is 4.79 Å². The number of carbonyl (C=O) groups is 1. The Balaban J connectivity index is 3.14. The highest BCUT2D eigenvalue weighted by molar-refractivity contribution is 5.94. The maximum Gasteiger partial charge on any atom is 0.416 e. The first-order valence-electron chi connectivity index (χ1n) is 3.50. The van der Waals surface area contributed by atoms with Crippen LogP contribution < -0.4 is 0 Å². The summed E-state index contributed by atoms with van der Waals surface area (Å²) in [6.45, 7) is 0. The molecule has 6 heteroatoms. The minimum Gasteiger partial charge on any atom is -0.263 e. The van der Waals surface area contributed by atoms with Gasteiger partial charge in [-0.2, -0.15) is 13.2 Å². The second kappa shape index (κ2) is 3.57. The SMILES string of the molecule is O=NC(=O)c1cccc(C(F)(F)F)c1. The van der Waals surface area contributed by atoms with Crippen molar-refractivity contribution in [2.75, 3.05) is 0 Å². The smallest absolute Gasteiger partial charge is 0.263 e. The molecule has 0 unspecified atom stereocenters. The third kappa shape index (κ3) is 2.15.